The molecule has 0 aliphatic carbocycles. The highest BCUT2D eigenvalue weighted by Crippen LogP contribution is 2.17. The first-order valence-electron chi connectivity index (χ1n) is 4.32. The normalized spacial score (nSPS) is 17.9. The van der Waals surface area contributed by atoms with Crippen molar-refractivity contribution in [2.45, 2.75) is 13.0 Å². The van der Waals surface area contributed by atoms with Crippen LogP contribution in [0.3, 0.4) is 0 Å². The molecular formula is C9H11ClN2O. The predicted molar refractivity (Wildman–Crippen MR) is 50.2 cm³/mol. The molecule has 0 saturated carbocycles. The molecule has 13 heavy (non-hydrogen) atoms. The first kappa shape index (κ1) is 8.94. The Morgan fingerprint density at radius 2 is 2.54 bits per heavy atom. The molecule has 0 bridgehead atoms. The Kier molecular flexibility index (Phi) is 2.78. The standard InChI is InChI=1S/C9H11ClN2O/c10-9-6-11-3-2-8(9)7-12-4-1-5-13-12/h2-3,6H,1,4-5,7H2. The summed E-state index contributed by atoms with van der Waals surface area (Å²) in [5.41, 5.74) is 1.07. The molecule has 0 aromatic carbocycles. The highest BCUT2D eigenvalue weighted by molar-refractivity contribution is 6.31. The Bertz CT molecular complexity index is 287. The van der Waals surface area contributed by atoms with Crippen LogP contribution in [0.5, 0.6) is 0 Å². The molecule has 1 aromatic rings. The van der Waals surface area contributed by atoms with E-state index in [9.17, 15) is 0 Å². The average Bonchev–Trinajstić information content (AvgIpc) is 2.61. The summed E-state index contributed by atoms with van der Waals surface area (Å²) in [7, 11) is 0. The quantitative estimate of drug-likeness (QED) is 0.726. The van der Waals surface area contributed by atoms with E-state index in [-0.39, 0.29) is 0 Å². The summed E-state index contributed by atoms with van der Waals surface area (Å²) in [4.78, 5) is 9.29. The fourth-order valence-electron chi connectivity index (χ4n) is 1.35. The number of nitrogens with zero attached hydrogens (tertiary/aromatic N) is 2. The molecule has 0 atom stereocenters. The van der Waals surface area contributed by atoms with Gasteiger partial charge < -0.3 is 0 Å². The molecule has 1 aliphatic rings. The van der Waals surface area contributed by atoms with E-state index in [1.54, 1.807) is 12.4 Å². The minimum Gasteiger partial charge on any atom is -0.299 e. The third-order valence-electron chi connectivity index (χ3n) is 2.03. The average molecular weight is 199 g/mol. The van der Waals surface area contributed by atoms with Crippen molar-refractivity contribution in [1.82, 2.24) is 10.0 Å². The Morgan fingerprint density at radius 3 is 3.23 bits per heavy atom. The highest BCUT2D eigenvalue weighted by Gasteiger charge is 2.13. The minimum absolute atomic E-state index is 0.706. The Hall–Kier alpha value is -0.640. The lowest BCUT2D eigenvalue weighted by atomic mass is 10.2. The van der Waals surface area contributed by atoms with Crippen molar-refractivity contribution < 1.29 is 4.84 Å². The third-order valence-corrected chi connectivity index (χ3v) is 2.37. The Balaban J connectivity index is 2.04. The fraction of sp³-hybridized carbons (Fsp3) is 0.444. The van der Waals surface area contributed by atoms with Crippen LogP contribution in [0.1, 0.15) is 12.0 Å². The second-order valence-corrected chi connectivity index (χ2v) is 3.42. The van der Waals surface area contributed by atoms with Crippen LogP contribution in [0.2, 0.25) is 5.02 Å². The van der Waals surface area contributed by atoms with Gasteiger partial charge in [-0.2, -0.15) is 5.06 Å². The van der Waals surface area contributed by atoms with Gasteiger partial charge in [-0.1, -0.05) is 11.6 Å². The van der Waals surface area contributed by atoms with Gasteiger partial charge in [0.15, 0.2) is 0 Å². The fourth-order valence-corrected chi connectivity index (χ4v) is 1.53. The SMILES string of the molecule is Clc1cnccc1CN1CCCO1. The number of hydrogen-bond acceptors (Lipinski definition) is 3. The van der Waals surface area contributed by atoms with Crippen molar-refractivity contribution in [2.24, 2.45) is 0 Å². The summed E-state index contributed by atoms with van der Waals surface area (Å²) in [6.45, 7) is 2.56. The molecule has 2 rings (SSSR count). The first-order valence-corrected chi connectivity index (χ1v) is 4.70. The molecule has 4 heteroatoms. The van der Waals surface area contributed by atoms with Gasteiger partial charge in [0.1, 0.15) is 0 Å². The number of pyridine rings is 1. The molecule has 0 unspecified atom stereocenters. The summed E-state index contributed by atoms with van der Waals surface area (Å²) in [6, 6.07) is 1.92. The van der Waals surface area contributed by atoms with Gasteiger partial charge in [-0.25, -0.2) is 0 Å². The van der Waals surface area contributed by atoms with Crippen LogP contribution in [0.4, 0.5) is 0 Å². The van der Waals surface area contributed by atoms with E-state index in [0.717, 1.165) is 31.7 Å². The Morgan fingerprint density at radius 1 is 1.62 bits per heavy atom. The van der Waals surface area contributed by atoms with Gasteiger partial charge in [-0.3, -0.25) is 9.82 Å². The van der Waals surface area contributed by atoms with E-state index in [1.807, 2.05) is 11.1 Å². The minimum atomic E-state index is 0.706. The highest BCUT2D eigenvalue weighted by atomic mass is 35.5. The number of halogens is 1. The summed E-state index contributed by atoms with van der Waals surface area (Å²) < 4.78 is 0. The molecule has 70 valence electrons. The van der Waals surface area contributed by atoms with Crippen molar-refractivity contribution in [3.8, 4) is 0 Å². The van der Waals surface area contributed by atoms with Gasteiger partial charge >= 0.3 is 0 Å². The number of aromatic nitrogens is 1. The number of hydroxylamine groups is 2. The lowest BCUT2D eigenvalue weighted by molar-refractivity contribution is -0.117. The van der Waals surface area contributed by atoms with Crippen LogP contribution in [0.25, 0.3) is 0 Å². The van der Waals surface area contributed by atoms with Crippen molar-refractivity contribution in [2.75, 3.05) is 13.2 Å². The van der Waals surface area contributed by atoms with Crippen LogP contribution >= 0.6 is 11.6 Å². The van der Waals surface area contributed by atoms with Crippen LogP contribution in [-0.2, 0) is 11.4 Å². The molecular weight excluding hydrogens is 188 g/mol. The largest absolute Gasteiger partial charge is 0.299 e. The number of hydrogen-bond donors (Lipinski definition) is 0. The maximum atomic E-state index is 5.96. The van der Waals surface area contributed by atoms with Crippen molar-refractivity contribution in [3.63, 3.8) is 0 Å². The molecule has 1 saturated heterocycles. The Labute approximate surface area is 82.2 Å². The van der Waals surface area contributed by atoms with Crippen molar-refractivity contribution in [1.29, 1.82) is 0 Å². The molecule has 0 N–H and O–H groups in total. The summed E-state index contributed by atoms with van der Waals surface area (Å²) in [5.74, 6) is 0. The molecule has 2 heterocycles. The predicted octanol–water partition coefficient (Wildman–Crippen LogP) is 1.87. The molecule has 0 radical (unpaired) electrons. The second kappa shape index (κ2) is 4.05. The molecule has 1 aromatic heterocycles. The van der Waals surface area contributed by atoms with Gasteiger partial charge in [0, 0.05) is 18.9 Å². The van der Waals surface area contributed by atoms with E-state index in [1.165, 1.54) is 0 Å². The number of rotatable bonds is 2. The zero-order chi connectivity index (χ0) is 9.10. The van der Waals surface area contributed by atoms with Crippen LogP contribution in [0.15, 0.2) is 18.5 Å². The zero-order valence-electron chi connectivity index (χ0n) is 7.24. The maximum absolute atomic E-state index is 5.96. The van der Waals surface area contributed by atoms with Crippen molar-refractivity contribution in [3.05, 3.63) is 29.0 Å². The molecule has 0 amide bonds. The van der Waals surface area contributed by atoms with Crippen LogP contribution in [-0.4, -0.2) is 23.2 Å². The first-order chi connectivity index (χ1) is 6.36. The van der Waals surface area contributed by atoms with E-state index >= 15 is 0 Å². The van der Waals surface area contributed by atoms with Gasteiger partial charge in [0.05, 0.1) is 18.2 Å². The summed E-state index contributed by atoms with van der Waals surface area (Å²) in [6.07, 6.45) is 4.51. The molecule has 0 spiro atoms. The van der Waals surface area contributed by atoms with Crippen LogP contribution in [0, 0.1) is 0 Å². The van der Waals surface area contributed by atoms with Crippen LogP contribution < -0.4 is 0 Å². The van der Waals surface area contributed by atoms with Gasteiger partial charge in [0.25, 0.3) is 0 Å². The molecule has 1 fully saturated rings. The van der Waals surface area contributed by atoms with Gasteiger partial charge in [-0.05, 0) is 18.1 Å². The molecule has 1 aliphatic heterocycles. The lowest BCUT2D eigenvalue weighted by Crippen LogP contribution is -2.17. The van der Waals surface area contributed by atoms with E-state index in [4.69, 9.17) is 16.4 Å². The second-order valence-electron chi connectivity index (χ2n) is 3.02. The monoisotopic (exact) mass is 198 g/mol. The maximum Gasteiger partial charge on any atom is 0.0698 e. The smallest absolute Gasteiger partial charge is 0.0698 e. The van der Waals surface area contributed by atoms with E-state index in [0.29, 0.717) is 5.02 Å². The van der Waals surface area contributed by atoms with Gasteiger partial charge in [-0.15, -0.1) is 0 Å². The van der Waals surface area contributed by atoms with E-state index < -0.39 is 0 Å². The topological polar surface area (TPSA) is 25.4 Å². The summed E-state index contributed by atoms with van der Waals surface area (Å²) >= 11 is 5.96. The lowest BCUT2D eigenvalue weighted by Gasteiger charge is -2.13. The zero-order valence-corrected chi connectivity index (χ0v) is 8.00. The van der Waals surface area contributed by atoms with Crippen molar-refractivity contribution >= 4 is 11.6 Å². The van der Waals surface area contributed by atoms with Gasteiger partial charge in [0.2, 0.25) is 0 Å². The van der Waals surface area contributed by atoms with E-state index in [2.05, 4.69) is 4.98 Å². The molecule has 3 nitrogen and oxygen atoms in total. The third kappa shape index (κ3) is 2.18. The summed E-state index contributed by atoms with van der Waals surface area (Å²) in [5, 5.41) is 2.64.